The SMILES string of the molecule is O=C(O)C[C@H](c1ccccc1)N1C(=O)/C(=C/c2ccc(F)cc2)SC1=S. The summed E-state index contributed by atoms with van der Waals surface area (Å²) in [6.07, 6.45) is 1.38. The highest BCUT2D eigenvalue weighted by Crippen LogP contribution is 2.39. The van der Waals surface area contributed by atoms with Crippen LogP contribution >= 0.6 is 24.0 Å². The van der Waals surface area contributed by atoms with Gasteiger partial charge in [0.05, 0.1) is 17.4 Å². The summed E-state index contributed by atoms with van der Waals surface area (Å²) in [5.41, 5.74) is 1.37. The molecule has 26 heavy (non-hydrogen) atoms. The van der Waals surface area contributed by atoms with Crippen molar-refractivity contribution < 1.29 is 19.1 Å². The number of carbonyl (C=O) groups excluding carboxylic acids is 1. The first-order chi connectivity index (χ1) is 12.5. The molecule has 0 spiro atoms. The molecule has 0 aromatic heterocycles. The largest absolute Gasteiger partial charge is 0.481 e. The monoisotopic (exact) mass is 387 g/mol. The summed E-state index contributed by atoms with van der Waals surface area (Å²) < 4.78 is 13.3. The smallest absolute Gasteiger partial charge is 0.305 e. The van der Waals surface area contributed by atoms with Gasteiger partial charge in [-0.3, -0.25) is 14.5 Å². The van der Waals surface area contributed by atoms with Crippen molar-refractivity contribution in [2.45, 2.75) is 12.5 Å². The molecule has 0 radical (unpaired) electrons. The van der Waals surface area contributed by atoms with Gasteiger partial charge in [-0.1, -0.05) is 66.4 Å². The van der Waals surface area contributed by atoms with Crippen molar-refractivity contribution in [2.24, 2.45) is 0 Å². The molecule has 1 amide bonds. The second-order valence-corrected chi connectivity index (χ2v) is 7.30. The van der Waals surface area contributed by atoms with Crippen LogP contribution in [0.5, 0.6) is 0 Å². The molecule has 2 aromatic rings. The number of thioether (sulfide) groups is 1. The lowest BCUT2D eigenvalue weighted by Gasteiger charge is -2.26. The Morgan fingerprint density at radius 2 is 1.85 bits per heavy atom. The highest BCUT2D eigenvalue weighted by Gasteiger charge is 2.38. The second-order valence-electron chi connectivity index (χ2n) is 5.63. The Balaban J connectivity index is 1.93. The number of rotatable bonds is 5. The summed E-state index contributed by atoms with van der Waals surface area (Å²) in [5.74, 6) is -1.73. The number of amides is 1. The van der Waals surface area contributed by atoms with Gasteiger partial charge in [0, 0.05) is 0 Å². The van der Waals surface area contributed by atoms with Gasteiger partial charge < -0.3 is 5.11 Å². The number of thiocarbonyl (C=S) groups is 1. The zero-order valence-corrected chi connectivity index (χ0v) is 15.1. The molecular formula is C19H14FNO3S2. The van der Waals surface area contributed by atoms with Crippen LogP contribution in [0.25, 0.3) is 6.08 Å². The van der Waals surface area contributed by atoms with Gasteiger partial charge in [-0.15, -0.1) is 0 Å². The van der Waals surface area contributed by atoms with Gasteiger partial charge in [0.15, 0.2) is 0 Å². The van der Waals surface area contributed by atoms with E-state index in [2.05, 4.69) is 0 Å². The van der Waals surface area contributed by atoms with Gasteiger partial charge in [0.1, 0.15) is 10.1 Å². The molecule has 0 saturated carbocycles. The fourth-order valence-corrected chi connectivity index (χ4v) is 4.01. The van der Waals surface area contributed by atoms with Crippen LogP contribution in [-0.4, -0.2) is 26.2 Å². The Kier molecular flexibility index (Phi) is 5.49. The molecule has 132 valence electrons. The number of carboxylic acids is 1. The molecule has 2 aromatic carbocycles. The third kappa shape index (κ3) is 4.00. The van der Waals surface area contributed by atoms with Crippen LogP contribution in [0.15, 0.2) is 59.5 Å². The zero-order valence-electron chi connectivity index (χ0n) is 13.5. The summed E-state index contributed by atoms with van der Waals surface area (Å²) in [4.78, 5) is 25.9. The van der Waals surface area contributed by atoms with E-state index in [4.69, 9.17) is 12.2 Å². The highest BCUT2D eigenvalue weighted by molar-refractivity contribution is 8.26. The van der Waals surface area contributed by atoms with Crippen LogP contribution in [0.3, 0.4) is 0 Å². The van der Waals surface area contributed by atoms with Crippen molar-refractivity contribution in [1.29, 1.82) is 0 Å². The highest BCUT2D eigenvalue weighted by atomic mass is 32.2. The lowest BCUT2D eigenvalue weighted by Crippen LogP contribution is -2.34. The van der Waals surface area contributed by atoms with Gasteiger partial charge in [-0.25, -0.2) is 4.39 Å². The summed E-state index contributed by atoms with van der Waals surface area (Å²) >= 11 is 6.45. The van der Waals surface area contributed by atoms with Crippen molar-refractivity contribution in [3.63, 3.8) is 0 Å². The number of carboxylic acid groups (broad SMARTS) is 1. The van der Waals surface area contributed by atoms with Crippen LogP contribution in [0.4, 0.5) is 4.39 Å². The van der Waals surface area contributed by atoms with Crippen molar-refractivity contribution >= 4 is 46.3 Å². The van der Waals surface area contributed by atoms with E-state index >= 15 is 0 Å². The molecular weight excluding hydrogens is 373 g/mol. The summed E-state index contributed by atoms with van der Waals surface area (Å²) in [5, 5.41) is 9.27. The minimum Gasteiger partial charge on any atom is -0.481 e. The Bertz CT molecular complexity index is 881. The quantitative estimate of drug-likeness (QED) is 0.614. The summed E-state index contributed by atoms with van der Waals surface area (Å²) in [6.45, 7) is 0. The fraction of sp³-hybridized carbons (Fsp3) is 0.105. The van der Waals surface area contributed by atoms with Gasteiger partial charge >= 0.3 is 5.97 Å². The zero-order chi connectivity index (χ0) is 18.7. The number of hydrogen-bond donors (Lipinski definition) is 1. The Morgan fingerprint density at radius 1 is 1.19 bits per heavy atom. The fourth-order valence-electron chi connectivity index (χ4n) is 2.66. The lowest BCUT2D eigenvalue weighted by molar-refractivity contribution is -0.138. The molecule has 0 unspecified atom stereocenters. The topological polar surface area (TPSA) is 57.6 Å². The summed E-state index contributed by atoms with van der Waals surface area (Å²) in [6, 6.07) is 14.0. The maximum absolute atomic E-state index is 13.0. The molecule has 1 aliphatic rings. The number of aliphatic carboxylic acids is 1. The first-order valence-corrected chi connectivity index (χ1v) is 8.97. The molecule has 1 aliphatic heterocycles. The normalized spacial score (nSPS) is 17.0. The van der Waals surface area contributed by atoms with Crippen LogP contribution < -0.4 is 0 Å². The maximum atomic E-state index is 13.0. The number of carbonyl (C=O) groups is 2. The van der Waals surface area contributed by atoms with E-state index in [0.29, 0.717) is 20.4 Å². The van der Waals surface area contributed by atoms with E-state index in [1.165, 1.54) is 17.0 Å². The maximum Gasteiger partial charge on any atom is 0.305 e. The summed E-state index contributed by atoms with van der Waals surface area (Å²) in [7, 11) is 0. The number of halogens is 1. The van der Waals surface area contributed by atoms with Crippen molar-refractivity contribution in [3.8, 4) is 0 Å². The average Bonchev–Trinajstić information content (AvgIpc) is 2.89. The van der Waals surface area contributed by atoms with E-state index in [1.54, 1.807) is 42.5 Å². The van der Waals surface area contributed by atoms with Crippen LogP contribution in [0.2, 0.25) is 0 Å². The van der Waals surface area contributed by atoms with Crippen LogP contribution in [-0.2, 0) is 9.59 Å². The number of benzene rings is 2. The first-order valence-electron chi connectivity index (χ1n) is 7.75. The van der Waals surface area contributed by atoms with Gasteiger partial charge in [-0.05, 0) is 29.3 Å². The lowest BCUT2D eigenvalue weighted by atomic mass is 10.0. The molecule has 1 atom stereocenters. The third-order valence-corrected chi connectivity index (χ3v) is 5.19. The molecule has 0 aliphatic carbocycles. The van der Waals surface area contributed by atoms with Gasteiger partial charge in [0.2, 0.25) is 0 Å². The minimum atomic E-state index is -1.02. The molecule has 0 bridgehead atoms. The minimum absolute atomic E-state index is 0.250. The van der Waals surface area contributed by atoms with Crippen LogP contribution in [0.1, 0.15) is 23.6 Å². The first kappa shape index (κ1) is 18.3. The van der Waals surface area contributed by atoms with E-state index in [0.717, 1.165) is 11.8 Å². The van der Waals surface area contributed by atoms with Crippen molar-refractivity contribution in [2.75, 3.05) is 0 Å². The molecule has 1 N–H and O–H groups in total. The van der Waals surface area contributed by atoms with Crippen LogP contribution in [0, 0.1) is 5.82 Å². The van der Waals surface area contributed by atoms with E-state index < -0.39 is 12.0 Å². The molecule has 3 rings (SSSR count). The van der Waals surface area contributed by atoms with Gasteiger partial charge in [-0.2, -0.15) is 0 Å². The molecule has 1 fully saturated rings. The van der Waals surface area contributed by atoms with Crippen molar-refractivity contribution in [1.82, 2.24) is 4.90 Å². The standard InChI is InChI=1S/C19H14FNO3S2/c20-14-8-6-12(7-9-14)10-16-18(24)21(19(25)26-16)15(11-17(22)23)13-4-2-1-3-5-13/h1-10,15H,11H2,(H,22,23)/b16-10-/t15-/m1/s1. The van der Waals surface area contributed by atoms with Crippen molar-refractivity contribution in [3.05, 3.63) is 76.4 Å². The predicted molar refractivity (Wildman–Crippen MR) is 103 cm³/mol. The predicted octanol–water partition coefficient (Wildman–Crippen LogP) is 4.24. The Morgan fingerprint density at radius 3 is 2.46 bits per heavy atom. The number of nitrogens with zero attached hydrogens (tertiary/aromatic N) is 1. The molecule has 1 heterocycles. The second kappa shape index (κ2) is 7.80. The Labute approximate surface area is 159 Å². The molecule has 7 heteroatoms. The Hall–Kier alpha value is -2.51. The van der Waals surface area contributed by atoms with E-state index in [-0.39, 0.29) is 18.1 Å². The number of hydrogen-bond acceptors (Lipinski definition) is 4. The van der Waals surface area contributed by atoms with E-state index in [1.807, 2.05) is 6.07 Å². The average molecular weight is 387 g/mol. The molecule has 1 saturated heterocycles. The van der Waals surface area contributed by atoms with E-state index in [9.17, 15) is 19.1 Å². The molecule has 4 nitrogen and oxygen atoms in total. The van der Waals surface area contributed by atoms with Gasteiger partial charge in [0.25, 0.3) is 5.91 Å². The third-order valence-electron chi connectivity index (χ3n) is 3.86.